The van der Waals surface area contributed by atoms with Crippen molar-refractivity contribution in [3.05, 3.63) is 21.6 Å². The number of nitrogens with zero attached hydrogens (tertiary/aromatic N) is 2. The Balaban J connectivity index is 2.98. The Morgan fingerprint density at radius 2 is 2.42 bits per heavy atom. The molecule has 5 nitrogen and oxygen atoms in total. The molecule has 0 aliphatic rings. The number of hydrogen-bond acceptors (Lipinski definition) is 5. The maximum absolute atomic E-state index is 10.4. The molecule has 0 fully saturated rings. The van der Waals surface area contributed by atoms with Crippen LogP contribution < -0.4 is 5.06 Å². The highest BCUT2D eigenvalue weighted by Crippen LogP contribution is 2.32. The fourth-order valence-electron chi connectivity index (χ4n) is 0.752. The molecular weight excluding hydrogens is 180 g/mol. The van der Waals surface area contributed by atoms with Gasteiger partial charge in [-0.25, -0.2) is 5.06 Å². The van der Waals surface area contributed by atoms with Crippen LogP contribution in [0.15, 0.2) is 11.4 Å². The van der Waals surface area contributed by atoms with Crippen molar-refractivity contribution in [2.45, 2.75) is 0 Å². The largest absolute Gasteiger partial charge is 0.305 e. The summed E-state index contributed by atoms with van der Waals surface area (Å²) in [7, 11) is 3.09. The molecule has 12 heavy (non-hydrogen) atoms. The average molecular weight is 188 g/mol. The predicted octanol–water partition coefficient (Wildman–Crippen LogP) is 1.65. The van der Waals surface area contributed by atoms with Crippen LogP contribution in [0.4, 0.5) is 10.7 Å². The van der Waals surface area contributed by atoms with Gasteiger partial charge in [0.15, 0.2) is 5.00 Å². The van der Waals surface area contributed by atoms with E-state index in [4.69, 9.17) is 4.84 Å². The highest BCUT2D eigenvalue weighted by atomic mass is 32.1. The molecule has 0 saturated heterocycles. The highest BCUT2D eigenvalue weighted by molar-refractivity contribution is 7.14. The summed E-state index contributed by atoms with van der Waals surface area (Å²) >= 11 is 1.27. The second kappa shape index (κ2) is 3.51. The SMILES string of the molecule is CON(C)c1sccc1[N+](=O)[O-]. The lowest BCUT2D eigenvalue weighted by Crippen LogP contribution is -2.14. The van der Waals surface area contributed by atoms with Crippen LogP contribution in [0.25, 0.3) is 0 Å². The lowest BCUT2D eigenvalue weighted by molar-refractivity contribution is -0.383. The zero-order valence-corrected chi connectivity index (χ0v) is 7.50. The zero-order chi connectivity index (χ0) is 9.14. The molecule has 0 saturated carbocycles. The molecule has 1 aromatic heterocycles. The molecule has 0 aliphatic heterocycles. The van der Waals surface area contributed by atoms with Crippen LogP contribution in [0, 0.1) is 10.1 Å². The minimum atomic E-state index is -0.429. The average Bonchev–Trinajstić information content (AvgIpc) is 2.50. The lowest BCUT2D eigenvalue weighted by Gasteiger charge is -2.11. The van der Waals surface area contributed by atoms with Gasteiger partial charge in [0, 0.05) is 18.5 Å². The second-order valence-corrected chi connectivity index (χ2v) is 2.94. The van der Waals surface area contributed by atoms with E-state index in [0.29, 0.717) is 5.00 Å². The van der Waals surface area contributed by atoms with Gasteiger partial charge in [0.25, 0.3) is 0 Å². The number of hydroxylamine groups is 1. The van der Waals surface area contributed by atoms with E-state index in [1.807, 2.05) is 0 Å². The molecule has 0 bridgehead atoms. The van der Waals surface area contributed by atoms with E-state index in [9.17, 15) is 10.1 Å². The van der Waals surface area contributed by atoms with Crippen molar-refractivity contribution >= 4 is 22.0 Å². The van der Waals surface area contributed by atoms with Crippen molar-refractivity contribution in [3.63, 3.8) is 0 Å². The van der Waals surface area contributed by atoms with Crippen LogP contribution in [-0.2, 0) is 4.84 Å². The molecule has 1 aromatic rings. The molecule has 0 aliphatic carbocycles. The van der Waals surface area contributed by atoms with Crippen LogP contribution in [0.2, 0.25) is 0 Å². The zero-order valence-electron chi connectivity index (χ0n) is 6.68. The van der Waals surface area contributed by atoms with E-state index in [-0.39, 0.29) is 5.69 Å². The monoisotopic (exact) mass is 188 g/mol. The van der Waals surface area contributed by atoms with Crippen molar-refractivity contribution in [2.24, 2.45) is 0 Å². The molecule has 6 heteroatoms. The van der Waals surface area contributed by atoms with E-state index in [1.165, 1.54) is 29.6 Å². The normalized spacial score (nSPS) is 9.83. The van der Waals surface area contributed by atoms with Gasteiger partial charge in [-0.2, -0.15) is 0 Å². The minimum absolute atomic E-state index is 0.0735. The van der Waals surface area contributed by atoms with Crippen LogP contribution in [-0.4, -0.2) is 19.1 Å². The first-order valence-electron chi connectivity index (χ1n) is 3.16. The van der Waals surface area contributed by atoms with Gasteiger partial charge in [0.2, 0.25) is 0 Å². The Hall–Kier alpha value is -1.14. The highest BCUT2D eigenvalue weighted by Gasteiger charge is 2.18. The first kappa shape index (κ1) is 8.95. The molecule has 0 spiro atoms. The number of thiophene rings is 1. The predicted molar refractivity (Wildman–Crippen MR) is 46.4 cm³/mol. The summed E-state index contributed by atoms with van der Waals surface area (Å²) in [6.45, 7) is 0. The van der Waals surface area contributed by atoms with E-state index in [0.717, 1.165) is 0 Å². The van der Waals surface area contributed by atoms with Crippen molar-refractivity contribution in [3.8, 4) is 0 Å². The van der Waals surface area contributed by atoms with Crippen molar-refractivity contribution in [2.75, 3.05) is 19.2 Å². The van der Waals surface area contributed by atoms with Crippen LogP contribution >= 0.6 is 11.3 Å². The number of hydrogen-bond donors (Lipinski definition) is 0. The molecule has 1 heterocycles. The quantitative estimate of drug-likeness (QED) is 0.534. The van der Waals surface area contributed by atoms with E-state index in [2.05, 4.69) is 0 Å². The molecule has 0 atom stereocenters. The molecule has 0 amide bonds. The third kappa shape index (κ3) is 1.54. The third-order valence-electron chi connectivity index (χ3n) is 1.38. The lowest BCUT2D eigenvalue weighted by atomic mass is 10.5. The Kier molecular flexibility index (Phi) is 2.61. The fourth-order valence-corrected chi connectivity index (χ4v) is 1.56. The van der Waals surface area contributed by atoms with Gasteiger partial charge in [-0.15, -0.1) is 11.3 Å². The van der Waals surface area contributed by atoms with E-state index >= 15 is 0 Å². The summed E-state index contributed by atoms with van der Waals surface area (Å²) in [6, 6.07) is 1.45. The Bertz CT molecular complexity index is 286. The molecule has 0 aromatic carbocycles. The first-order chi connectivity index (χ1) is 5.66. The van der Waals surface area contributed by atoms with Crippen LogP contribution in [0.5, 0.6) is 0 Å². The number of anilines is 1. The van der Waals surface area contributed by atoms with Crippen LogP contribution in [0.3, 0.4) is 0 Å². The summed E-state index contributed by atoms with van der Waals surface area (Å²) in [5.74, 6) is 0. The fraction of sp³-hybridized carbons (Fsp3) is 0.333. The summed E-state index contributed by atoms with van der Waals surface area (Å²) in [6.07, 6.45) is 0. The van der Waals surface area contributed by atoms with Gasteiger partial charge in [0.1, 0.15) is 0 Å². The Morgan fingerprint density at radius 3 is 2.92 bits per heavy atom. The summed E-state index contributed by atoms with van der Waals surface area (Å²) in [5, 5.41) is 14.0. The van der Waals surface area contributed by atoms with Gasteiger partial charge in [-0.3, -0.25) is 15.0 Å². The molecule has 66 valence electrons. The minimum Gasteiger partial charge on any atom is -0.276 e. The van der Waals surface area contributed by atoms with Gasteiger partial charge in [-0.1, -0.05) is 0 Å². The molecule has 0 radical (unpaired) electrons. The molecular formula is C6H8N2O3S. The van der Waals surface area contributed by atoms with Gasteiger partial charge >= 0.3 is 5.69 Å². The Labute approximate surface area is 73.3 Å². The molecule has 0 N–H and O–H groups in total. The van der Waals surface area contributed by atoms with E-state index in [1.54, 1.807) is 12.4 Å². The summed E-state index contributed by atoms with van der Waals surface area (Å²) < 4.78 is 0. The van der Waals surface area contributed by atoms with Gasteiger partial charge in [-0.05, 0) is 0 Å². The van der Waals surface area contributed by atoms with Gasteiger partial charge < -0.3 is 0 Å². The molecule has 0 unspecified atom stereocenters. The number of nitro groups is 1. The summed E-state index contributed by atoms with van der Waals surface area (Å²) in [5.41, 5.74) is 0.0735. The van der Waals surface area contributed by atoms with Crippen molar-refractivity contribution < 1.29 is 9.76 Å². The Morgan fingerprint density at radius 1 is 1.75 bits per heavy atom. The topological polar surface area (TPSA) is 55.6 Å². The summed E-state index contributed by atoms with van der Waals surface area (Å²) in [4.78, 5) is 14.8. The van der Waals surface area contributed by atoms with Crippen LogP contribution in [0.1, 0.15) is 0 Å². The third-order valence-corrected chi connectivity index (χ3v) is 2.34. The number of rotatable bonds is 3. The van der Waals surface area contributed by atoms with Gasteiger partial charge in [0.05, 0.1) is 12.0 Å². The standard InChI is InChI=1S/C6H8N2O3S/c1-7(11-2)6-5(8(9)10)3-4-12-6/h3-4H,1-2H3. The molecule has 1 rings (SSSR count). The maximum atomic E-state index is 10.4. The first-order valence-corrected chi connectivity index (χ1v) is 4.04. The smallest absolute Gasteiger partial charge is 0.276 e. The second-order valence-electron chi connectivity index (χ2n) is 2.05. The maximum Gasteiger partial charge on any atom is 0.305 e. The van der Waals surface area contributed by atoms with Crippen molar-refractivity contribution in [1.82, 2.24) is 0 Å². The van der Waals surface area contributed by atoms with Crippen molar-refractivity contribution in [1.29, 1.82) is 0 Å². The van der Waals surface area contributed by atoms with E-state index < -0.39 is 4.92 Å².